The van der Waals surface area contributed by atoms with Gasteiger partial charge >= 0.3 is 0 Å². The van der Waals surface area contributed by atoms with Crippen molar-refractivity contribution in [1.82, 2.24) is 9.55 Å². The van der Waals surface area contributed by atoms with Gasteiger partial charge in [-0.2, -0.15) is 0 Å². The van der Waals surface area contributed by atoms with Crippen LogP contribution in [-0.2, 0) is 19.4 Å². The molecule has 0 fully saturated rings. The average Bonchev–Trinajstić information content (AvgIpc) is 2.86. The van der Waals surface area contributed by atoms with Crippen LogP contribution >= 0.6 is 23.1 Å². The number of nitrogens with zero attached hydrogens (tertiary/aromatic N) is 2. The van der Waals surface area contributed by atoms with Gasteiger partial charge in [0.05, 0.1) is 5.39 Å². The number of aryl methyl sites for hydroxylation is 2. The molecule has 5 heteroatoms. The Balaban J connectivity index is 2.23. The van der Waals surface area contributed by atoms with E-state index >= 15 is 0 Å². The van der Waals surface area contributed by atoms with E-state index in [1.807, 2.05) is 13.0 Å². The molecular formula is C17H20N2OS2. The Hall–Kier alpha value is -1.33. The van der Waals surface area contributed by atoms with Crippen molar-refractivity contribution < 1.29 is 0 Å². The van der Waals surface area contributed by atoms with Gasteiger partial charge in [0.1, 0.15) is 4.83 Å². The van der Waals surface area contributed by atoms with Gasteiger partial charge in [-0.3, -0.25) is 9.36 Å². The Kier molecular flexibility index (Phi) is 4.54. The normalized spacial score (nSPS) is 14.0. The van der Waals surface area contributed by atoms with Gasteiger partial charge in [0.25, 0.3) is 5.56 Å². The molecule has 0 radical (unpaired) electrons. The Morgan fingerprint density at radius 2 is 2.23 bits per heavy atom. The number of allylic oxidation sites excluding steroid dienone is 1. The van der Waals surface area contributed by atoms with Crippen molar-refractivity contribution in [1.29, 1.82) is 0 Å². The second-order valence-electron chi connectivity index (χ2n) is 5.73. The topological polar surface area (TPSA) is 34.9 Å². The molecule has 2 aromatic rings. The maximum absolute atomic E-state index is 13.0. The molecule has 116 valence electrons. The Labute approximate surface area is 138 Å². The minimum Gasteiger partial charge on any atom is -0.283 e. The van der Waals surface area contributed by atoms with E-state index in [0.717, 1.165) is 39.5 Å². The van der Waals surface area contributed by atoms with Gasteiger partial charge in [-0.25, -0.2) is 4.98 Å². The highest BCUT2D eigenvalue weighted by molar-refractivity contribution is 7.99. The molecule has 0 saturated carbocycles. The van der Waals surface area contributed by atoms with Crippen LogP contribution < -0.4 is 5.56 Å². The summed E-state index contributed by atoms with van der Waals surface area (Å²) in [5.41, 5.74) is 2.31. The lowest BCUT2D eigenvalue weighted by Crippen LogP contribution is -2.24. The van der Waals surface area contributed by atoms with Gasteiger partial charge in [-0.15, -0.1) is 17.9 Å². The van der Waals surface area contributed by atoms with E-state index in [0.29, 0.717) is 6.54 Å². The fraction of sp³-hybridized carbons (Fsp3) is 0.412. The molecule has 0 bridgehead atoms. The number of thioether (sulfide) groups is 1. The molecule has 0 unspecified atom stereocenters. The number of thiophene rings is 1. The minimum atomic E-state index is 0.0963. The van der Waals surface area contributed by atoms with E-state index in [2.05, 4.69) is 13.2 Å². The average molecular weight is 332 g/mol. The number of hydrogen-bond donors (Lipinski definition) is 0. The van der Waals surface area contributed by atoms with Gasteiger partial charge in [-0.05, 0) is 38.2 Å². The highest BCUT2D eigenvalue weighted by atomic mass is 32.2. The Bertz CT molecular complexity index is 801. The van der Waals surface area contributed by atoms with Crippen LogP contribution in [0.15, 0.2) is 34.8 Å². The van der Waals surface area contributed by atoms with Crippen LogP contribution in [0.5, 0.6) is 0 Å². The van der Waals surface area contributed by atoms with Crippen LogP contribution in [0.2, 0.25) is 0 Å². The molecule has 0 amide bonds. The van der Waals surface area contributed by atoms with E-state index in [9.17, 15) is 4.79 Å². The second-order valence-corrected chi connectivity index (χ2v) is 7.80. The van der Waals surface area contributed by atoms with Gasteiger partial charge in [0, 0.05) is 17.2 Å². The van der Waals surface area contributed by atoms with Crippen LogP contribution in [0.1, 0.15) is 30.2 Å². The molecule has 0 spiro atoms. The van der Waals surface area contributed by atoms with Crippen LogP contribution in [0.3, 0.4) is 0 Å². The molecular weight excluding hydrogens is 312 g/mol. The summed E-state index contributed by atoms with van der Waals surface area (Å²) in [5, 5.41) is 1.63. The van der Waals surface area contributed by atoms with Gasteiger partial charge in [-0.1, -0.05) is 30.0 Å². The minimum absolute atomic E-state index is 0.0963. The van der Waals surface area contributed by atoms with Crippen molar-refractivity contribution >= 4 is 33.3 Å². The Morgan fingerprint density at radius 1 is 1.45 bits per heavy atom. The lowest BCUT2D eigenvalue weighted by molar-refractivity contribution is 0.650. The summed E-state index contributed by atoms with van der Waals surface area (Å²) < 4.78 is 1.78. The summed E-state index contributed by atoms with van der Waals surface area (Å²) in [4.78, 5) is 20.1. The van der Waals surface area contributed by atoms with Crippen molar-refractivity contribution in [2.75, 3.05) is 5.75 Å². The maximum Gasteiger partial charge on any atom is 0.263 e. The molecule has 2 aromatic heterocycles. The number of fused-ring (bicyclic) bond motifs is 3. The monoisotopic (exact) mass is 332 g/mol. The zero-order valence-corrected chi connectivity index (χ0v) is 14.5. The van der Waals surface area contributed by atoms with Crippen LogP contribution in [0.4, 0.5) is 0 Å². The predicted molar refractivity (Wildman–Crippen MR) is 96.3 cm³/mol. The van der Waals surface area contributed by atoms with E-state index in [1.165, 1.54) is 23.3 Å². The van der Waals surface area contributed by atoms with E-state index in [-0.39, 0.29) is 5.56 Å². The zero-order valence-electron chi connectivity index (χ0n) is 12.9. The van der Waals surface area contributed by atoms with Crippen LogP contribution in [0.25, 0.3) is 10.2 Å². The van der Waals surface area contributed by atoms with Crippen LogP contribution in [0, 0.1) is 0 Å². The highest BCUT2D eigenvalue weighted by Crippen LogP contribution is 2.34. The number of aromatic nitrogens is 2. The van der Waals surface area contributed by atoms with Crippen molar-refractivity contribution in [3.63, 3.8) is 0 Å². The number of hydrogen-bond acceptors (Lipinski definition) is 4. The van der Waals surface area contributed by atoms with Gasteiger partial charge in [0.2, 0.25) is 0 Å². The second kappa shape index (κ2) is 6.42. The molecule has 0 saturated heterocycles. The fourth-order valence-corrected chi connectivity index (χ4v) is 4.91. The zero-order chi connectivity index (χ0) is 15.7. The lowest BCUT2D eigenvalue weighted by atomic mass is 9.97. The lowest BCUT2D eigenvalue weighted by Gasteiger charge is -2.13. The molecule has 22 heavy (non-hydrogen) atoms. The van der Waals surface area contributed by atoms with Crippen molar-refractivity contribution in [2.24, 2.45) is 0 Å². The third kappa shape index (κ3) is 2.79. The van der Waals surface area contributed by atoms with E-state index in [1.54, 1.807) is 27.7 Å². The van der Waals surface area contributed by atoms with Crippen molar-refractivity contribution in [3.8, 4) is 0 Å². The number of rotatable bonds is 5. The third-order valence-corrected chi connectivity index (χ3v) is 5.96. The quantitative estimate of drug-likeness (QED) is 0.468. The molecule has 1 aliphatic carbocycles. The Morgan fingerprint density at radius 3 is 2.95 bits per heavy atom. The van der Waals surface area contributed by atoms with Crippen molar-refractivity contribution in [3.05, 3.63) is 45.6 Å². The van der Waals surface area contributed by atoms with Gasteiger partial charge in [0.15, 0.2) is 5.16 Å². The summed E-state index contributed by atoms with van der Waals surface area (Å²) in [5.74, 6) is 0.749. The van der Waals surface area contributed by atoms with E-state index in [4.69, 9.17) is 4.98 Å². The third-order valence-electron chi connectivity index (χ3n) is 3.80. The standard InChI is InChI=1S/C17H20N2OS2/c1-4-9-21-17-18-15-14(16(20)19(17)10-11(2)3)12-7-5-6-8-13(12)22-15/h4H,1-2,5-10H2,3H3. The molecule has 1 aliphatic rings. The molecule has 3 nitrogen and oxygen atoms in total. The molecule has 0 aromatic carbocycles. The largest absolute Gasteiger partial charge is 0.283 e. The predicted octanol–water partition coefficient (Wildman–Crippen LogP) is 4.19. The van der Waals surface area contributed by atoms with Crippen molar-refractivity contribution in [2.45, 2.75) is 44.3 Å². The van der Waals surface area contributed by atoms with E-state index < -0.39 is 0 Å². The maximum atomic E-state index is 13.0. The molecule has 0 N–H and O–H groups in total. The van der Waals surface area contributed by atoms with Crippen LogP contribution in [-0.4, -0.2) is 15.3 Å². The summed E-state index contributed by atoms with van der Waals surface area (Å²) in [6.07, 6.45) is 6.33. The molecule has 0 aliphatic heterocycles. The highest BCUT2D eigenvalue weighted by Gasteiger charge is 2.22. The summed E-state index contributed by atoms with van der Waals surface area (Å²) in [6.45, 7) is 10.2. The SMILES string of the molecule is C=CCSc1nc2sc3c(c2c(=O)n1CC(=C)C)CCCC3. The summed E-state index contributed by atoms with van der Waals surface area (Å²) in [7, 11) is 0. The summed E-state index contributed by atoms with van der Waals surface area (Å²) >= 11 is 3.27. The van der Waals surface area contributed by atoms with Gasteiger partial charge < -0.3 is 0 Å². The smallest absolute Gasteiger partial charge is 0.263 e. The molecule has 0 atom stereocenters. The first-order chi connectivity index (χ1) is 10.6. The molecule has 3 rings (SSSR count). The fourth-order valence-electron chi connectivity index (χ4n) is 2.87. The first-order valence-electron chi connectivity index (χ1n) is 7.55. The first kappa shape index (κ1) is 15.6. The molecule has 2 heterocycles. The summed E-state index contributed by atoms with van der Waals surface area (Å²) in [6, 6.07) is 0. The first-order valence-corrected chi connectivity index (χ1v) is 9.35.